The maximum absolute atomic E-state index is 11.3. The molecular formula is C10H9BrOS. The highest BCUT2D eigenvalue weighted by atomic mass is 79.9. The van der Waals surface area contributed by atoms with Crippen molar-refractivity contribution in [3.63, 3.8) is 0 Å². The number of benzene rings is 1. The smallest absolute Gasteiger partial charge is 0.138 e. The van der Waals surface area contributed by atoms with Gasteiger partial charge in [0.2, 0.25) is 0 Å². The molecule has 0 aromatic heterocycles. The van der Waals surface area contributed by atoms with Gasteiger partial charge in [-0.05, 0) is 17.7 Å². The number of halogens is 1. The molecule has 0 atom stereocenters. The normalized spacial score (nSPS) is 16.5. The molecule has 0 radical (unpaired) electrons. The van der Waals surface area contributed by atoms with Gasteiger partial charge in [-0.1, -0.05) is 22.0 Å². The van der Waals surface area contributed by atoms with Crippen LogP contribution in [-0.4, -0.2) is 11.5 Å². The number of carbonyl (C=O) groups is 1. The topological polar surface area (TPSA) is 17.1 Å². The van der Waals surface area contributed by atoms with E-state index in [9.17, 15) is 4.79 Å². The fourth-order valence-electron chi connectivity index (χ4n) is 1.38. The number of hydrogen-bond donors (Lipinski definition) is 0. The van der Waals surface area contributed by atoms with Crippen molar-refractivity contribution in [2.45, 2.75) is 17.7 Å². The number of thioether (sulfide) groups is 1. The van der Waals surface area contributed by atoms with Crippen LogP contribution in [0.4, 0.5) is 0 Å². The summed E-state index contributed by atoms with van der Waals surface area (Å²) in [7, 11) is 0. The molecule has 0 unspecified atom stereocenters. The molecule has 0 fully saturated rings. The lowest BCUT2D eigenvalue weighted by Gasteiger charge is -2.03. The molecule has 0 saturated heterocycles. The van der Waals surface area contributed by atoms with Gasteiger partial charge in [0.25, 0.3) is 0 Å². The largest absolute Gasteiger partial charge is 0.299 e. The van der Waals surface area contributed by atoms with E-state index in [1.807, 2.05) is 12.1 Å². The number of rotatable bonds is 0. The van der Waals surface area contributed by atoms with E-state index in [1.165, 1.54) is 10.5 Å². The third-order valence-corrected chi connectivity index (χ3v) is 3.65. The molecule has 0 saturated carbocycles. The number of carbonyl (C=O) groups excluding carboxylic acids is 1. The summed E-state index contributed by atoms with van der Waals surface area (Å²) in [4.78, 5) is 12.6. The van der Waals surface area contributed by atoms with Crippen molar-refractivity contribution in [3.8, 4) is 0 Å². The van der Waals surface area contributed by atoms with Crippen LogP contribution >= 0.6 is 27.7 Å². The molecule has 0 N–H and O–H groups in total. The maximum Gasteiger partial charge on any atom is 0.138 e. The first-order valence-electron chi connectivity index (χ1n) is 4.18. The predicted octanol–water partition coefficient (Wildman–Crippen LogP) is 3.06. The Morgan fingerprint density at radius 1 is 1.38 bits per heavy atom. The predicted molar refractivity (Wildman–Crippen MR) is 58.2 cm³/mol. The minimum absolute atomic E-state index is 0.355. The Balaban J connectivity index is 2.40. The average molecular weight is 257 g/mol. The number of fused-ring (bicyclic) bond motifs is 1. The number of hydrogen-bond acceptors (Lipinski definition) is 2. The van der Waals surface area contributed by atoms with Gasteiger partial charge in [0, 0.05) is 28.0 Å². The SMILES string of the molecule is O=C1CCSc2cc(Br)ccc2C1. The Morgan fingerprint density at radius 2 is 2.23 bits per heavy atom. The highest BCUT2D eigenvalue weighted by Gasteiger charge is 2.13. The van der Waals surface area contributed by atoms with Gasteiger partial charge in [-0.15, -0.1) is 11.8 Å². The number of Topliss-reactive ketones (excluding diaryl/α,β-unsaturated/α-hetero) is 1. The van der Waals surface area contributed by atoms with Gasteiger partial charge in [0.05, 0.1) is 0 Å². The second-order valence-corrected chi connectivity index (χ2v) is 5.12. The summed E-state index contributed by atoms with van der Waals surface area (Å²) in [6.45, 7) is 0. The monoisotopic (exact) mass is 256 g/mol. The van der Waals surface area contributed by atoms with Crippen LogP contribution < -0.4 is 0 Å². The summed E-state index contributed by atoms with van der Waals surface area (Å²) in [5.41, 5.74) is 1.18. The molecule has 3 heteroatoms. The zero-order chi connectivity index (χ0) is 9.26. The molecule has 1 aliphatic heterocycles. The van der Waals surface area contributed by atoms with Crippen molar-refractivity contribution in [3.05, 3.63) is 28.2 Å². The molecule has 0 aliphatic carbocycles. The molecule has 1 aliphatic rings. The van der Waals surface area contributed by atoms with Crippen LogP contribution in [0.1, 0.15) is 12.0 Å². The Kier molecular flexibility index (Phi) is 2.74. The fourth-order valence-corrected chi connectivity index (χ4v) is 2.98. The van der Waals surface area contributed by atoms with Crippen molar-refractivity contribution >= 4 is 33.5 Å². The summed E-state index contributed by atoms with van der Waals surface area (Å²) in [5, 5.41) is 0. The minimum Gasteiger partial charge on any atom is -0.299 e. The molecular weight excluding hydrogens is 248 g/mol. The Labute approximate surface area is 90.0 Å². The molecule has 0 spiro atoms. The highest BCUT2D eigenvalue weighted by molar-refractivity contribution is 9.10. The van der Waals surface area contributed by atoms with Crippen molar-refractivity contribution in [1.29, 1.82) is 0 Å². The maximum atomic E-state index is 11.3. The standard InChI is InChI=1S/C10H9BrOS/c11-8-2-1-7-5-9(12)3-4-13-10(7)6-8/h1-2,6H,3-5H2. The second kappa shape index (κ2) is 3.84. The van der Waals surface area contributed by atoms with E-state index in [0.29, 0.717) is 18.6 Å². The van der Waals surface area contributed by atoms with E-state index in [4.69, 9.17) is 0 Å². The van der Waals surface area contributed by atoms with Crippen molar-refractivity contribution in [1.82, 2.24) is 0 Å². The molecule has 2 rings (SSSR count). The highest BCUT2D eigenvalue weighted by Crippen LogP contribution is 2.30. The first-order chi connectivity index (χ1) is 6.25. The van der Waals surface area contributed by atoms with Gasteiger partial charge in [-0.3, -0.25) is 4.79 Å². The molecule has 1 aromatic carbocycles. The molecule has 68 valence electrons. The van der Waals surface area contributed by atoms with Crippen LogP contribution in [0, 0.1) is 0 Å². The van der Waals surface area contributed by atoms with Crippen LogP contribution in [0.25, 0.3) is 0 Å². The molecule has 1 nitrogen and oxygen atoms in total. The number of ketones is 1. The summed E-state index contributed by atoms with van der Waals surface area (Å²) < 4.78 is 1.09. The minimum atomic E-state index is 0.355. The van der Waals surface area contributed by atoms with E-state index in [0.717, 1.165) is 10.2 Å². The van der Waals surface area contributed by atoms with Crippen LogP contribution in [0.2, 0.25) is 0 Å². The molecule has 13 heavy (non-hydrogen) atoms. The quantitative estimate of drug-likeness (QED) is 0.710. The first-order valence-corrected chi connectivity index (χ1v) is 5.96. The zero-order valence-corrected chi connectivity index (χ0v) is 9.45. The van der Waals surface area contributed by atoms with Crippen LogP contribution in [0.15, 0.2) is 27.6 Å². The zero-order valence-electron chi connectivity index (χ0n) is 7.05. The van der Waals surface area contributed by atoms with Crippen LogP contribution in [0.5, 0.6) is 0 Å². The Hall–Kier alpha value is -0.280. The van der Waals surface area contributed by atoms with Crippen molar-refractivity contribution in [2.24, 2.45) is 0 Å². The van der Waals surface area contributed by atoms with E-state index < -0.39 is 0 Å². The van der Waals surface area contributed by atoms with E-state index in [1.54, 1.807) is 11.8 Å². The lowest BCUT2D eigenvalue weighted by Crippen LogP contribution is -2.00. The van der Waals surface area contributed by atoms with Gasteiger partial charge in [0.1, 0.15) is 5.78 Å². The van der Waals surface area contributed by atoms with E-state index in [-0.39, 0.29) is 0 Å². The average Bonchev–Trinajstić information content (AvgIpc) is 2.25. The van der Waals surface area contributed by atoms with Crippen molar-refractivity contribution < 1.29 is 4.79 Å². The first kappa shape index (κ1) is 9.28. The lowest BCUT2D eigenvalue weighted by molar-refractivity contribution is -0.118. The van der Waals surface area contributed by atoms with E-state index in [2.05, 4.69) is 22.0 Å². The third-order valence-electron chi connectivity index (χ3n) is 2.06. The summed E-state index contributed by atoms with van der Waals surface area (Å²) in [6, 6.07) is 6.13. The third kappa shape index (κ3) is 2.15. The van der Waals surface area contributed by atoms with Crippen LogP contribution in [-0.2, 0) is 11.2 Å². The Morgan fingerprint density at radius 3 is 3.08 bits per heavy atom. The molecule has 0 amide bonds. The van der Waals surface area contributed by atoms with Gasteiger partial charge in [-0.25, -0.2) is 0 Å². The summed E-state index contributed by atoms with van der Waals surface area (Å²) in [5.74, 6) is 1.27. The Bertz CT molecular complexity index is 349. The van der Waals surface area contributed by atoms with Gasteiger partial charge >= 0.3 is 0 Å². The molecule has 1 aromatic rings. The van der Waals surface area contributed by atoms with Crippen molar-refractivity contribution in [2.75, 3.05) is 5.75 Å². The molecule has 1 heterocycles. The van der Waals surface area contributed by atoms with Gasteiger partial charge in [0.15, 0.2) is 0 Å². The lowest BCUT2D eigenvalue weighted by atomic mass is 10.1. The molecule has 0 bridgehead atoms. The summed E-state index contributed by atoms with van der Waals surface area (Å²) in [6.07, 6.45) is 1.31. The van der Waals surface area contributed by atoms with Crippen LogP contribution in [0.3, 0.4) is 0 Å². The fraction of sp³-hybridized carbons (Fsp3) is 0.300. The second-order valence-electron chi connectivity index (χ2n) is 3.07. The van der Waals surface area contributed by atoms with Gasteiger partial charge in [-0.2, -0.15) is 0 Å². The van der Waals surface area contributed by atoms with Gasteiger partial charge < -0.3 is 0 Å². The van der Waals surface area contributed by atoms with E-state index >= 15 is 0 Å². The summed E-state index contributed by atoms with van der Waals surface area (Å²) >= 11 is 5.21.